The average molecular weight is 331 g/mol. The number of rotatable bonds is 2. The molecule has 4 heteroatoms. The third-order valence-corrected chi connectivity index (χ3v) is 2.89. The molecule has 15 heavy (non-hydrogen) atoms. The van der Waals surface area contributed by atoms with Crippen molar-refractivity contribution in [2.24, 2.45) is 0 Å². The normalized spacial score (nSPS) is 10.0. The molecular formula is C11H8ClIN2. The molecular weight excluding hydrogens is 322 g/mol. The molecule has 1 aromatic carbocycles. The summed E-state index contributed by atoms with van der Waals surface area (Å²) in [5.74, 6) is 0.681. The van der Waals surface area contributed by atoms with Crippen LogP contribution in [0.25, 0.3) is 0 Å². The Kier molecular flexibility index (Phi) is 3.43. The lowest BCUT2D eigenvalue weighted by atomic mass is 10.3. The quantitative estimate of drug-likeness (QED) is 0.839. The Labute approximate surface area is 107 Å². The molecule has 0 aliphatic heterocycles. The van der Waals surface area contributed by atoms with Crippen LogP contribution in [0.4, 0.5) is 11.5 Å². The van der Waals surface area contributed by atoms with E-state index in [1.54, 1.807) is 12.3 Å². The van der Waals surface area contributed by atoms with E-state index >= 15 is 0 Å². The molecule has 0 saturated carbocycles. The number of halogens is 2. The van der Waals surface area contributed by atoms with E-state index in [9.17, 15) is 0 Å². The zero-order chi connectivity index (χ0) is 10.7. The summed E-state index contributed by atoms with van der Waals surface area (Å²) < 4.78 is 1.20. The Hall–Kier alpha value is -0.810. The van der Waals surface area contributed by atoms with E-state index < -0.39 is 0 Å². The highest BCUT2D eigenvalue weighted by molar-refractivity contribution is 14.1. The predicted octanol–water partition coefficient (Wildman–Crippen LogP) is 4.08. The maximum Gasteiger partial charge on any atom is 0.149 e. The standard InChI is InChI=1S/C11H8ClIN2/c12-10-2-1-7-14-11(10)15-9-5-3-8(13)4-6-9/h1-7H,(H,14,15). The molecule has 0 amide bonds. The van der Waals surface area contributed by atoms with Gasteiger partial charge in [0.1, 0.15) is 5.82 Å². The van der Waals surface area contributed by atoms with Gasteiger partial charge in [-0.3, -0.25) is 0 Å². The van der Waals surface area contributed by atoms with E-state index in [-0.39, 0.29) is 0 Å². The lowest BCUT2D eigenvalue weighted by Gasteiger charge is -2.06. The van der Waals surface area contributed by atoms with Crippen LogP contribution in [0.1, 0.15) is 0 Å². The van der Waals surface area contributed by atoms with Crippen molar-refractivity contribution in [2.45, 2.75) is 0 Å². The fourth-order valence-electron chi connectivity index (χ4n) is 1.15. The molecule has 0 fully saturated rings. The summed E-state index contributed by atoms with van der Waals surface area (Å²) in [7, 11) is 0. The van der Waals surface area contributed by atoms with E-state index in [0.29, 0.717) is 10.8 Å². The van der Waals surface area contributed by atoms with E-state index in [0.717, 1.165) is 5.69 Å². The first-order valence-corrected chi connectivity index (χ1v) is 5.84. The lowest BCUT2D eigenvalue weighted by Crippen LogP contribution is -1.93. The molecule has 2 aromatic rings. The van der Waals surface area contributed by atoms with Gasteiger partial charge in [0.25, 0.3) is 0 Å². The van der Waals surface area contributed by atoms with Crippen LogP contribution in [0.15, 0.2) is 42.6 Å². The average Bonchev–Trinajstić information content (AvgIpc) is 2.25. The third kappa shape index (κ3) is 2.82. The van der Waals surface area contributed by atoms with Crippen molar-refractivity contribution in [1.82, 2.24) is 4.98 Å². The van der Waals surface area contributed by atoms with Crippen molar-refractivity contribution in [1.29, 1.82) is 0 Å². The molecule has 0 spiro atoms. The van der Waals surface area contributed by atoms with Gasteiger partial charge in [-0.25, -0.2) is 4.98 Å². The van der Waals surface area contributed by atoms with E-state index in [1.165, 1.54) is 3.57 Å². The van der Waals surface area contributed by atoms with Crippen LogP contribution in [-0.4, -0.2) is 4.98 Å². The van der Waals surface area contributed by atoms with Crippen molar-refractivity contribution in [3.63, 3.8) is 0 Å². The highest BCUT2D eigenvalue weighted by Crippen LogP contribution is 2.22. The molecule has 1 N–H and O–H groups in total. The van der Waals surface area contributed by atoms with Gasteiger partial charge in [-0.1, -0.05) is 11.6 Å². The van der Waals surface area contributed by atoms with Gasteiger partial charge in [-0.05, 0) is 59.0 Å². The fourth-order valence-corrected chi connectivity index (χ4v) is 1.68. The second-order valence-electron chi connectivity index (χ2n) is 2.97. The summed E-state index contributed by atoms with van der Waals surface area (Å²) in [6.45, 7) is 0. The molecule has 2 rings (SSSR count). The van der Waals surface area contributed by atoms with Crippen LogP contribution in [0.5, 0.6) is 0 Å². The Balaban J connectivity index is 2.22. The number of benzene rings is 1. The van der Waals surface area contributed by atoms with Crippen LogP contribution in [-0.2, 0) is 0 Å². The summed E-state index contributed by atoms with van der Waals surface area (Å²) in [5.41, 5.74) is 0.982. The Morgan fingerprint density at radius 1 is 1.13 bits per heavy atom. The molecule has 0 atom stereocenters. The summed E-state index contributed by atoms with van der Waals surface area (Å²) in [4.78, 5) is 4.15. The first-order chi connectivity index (χ1) is 7.25. The van der Waals surface area contributed by atoms with Crippen molar-refractivity contribution in [3.8, 4) is 0 Å². The predicted molar refractivity (Wildman–Crippen MR) is 71.7 cm³/mol. The Morgan fingerprint density at radius 2 is 1.87 bits per heavy atom. The minimum Gasteiger partial charge on any atom is -0.339 e. The van der Waals surface area contributed by atoms with Crippen LogP contribution >= 0.6 is 34.2 Å². The van der Waals surface area contributed by atoms with E-state index in [4.69, 9.17) is 11.6 Å². The molecule has 0 saturated heterocycles. The number of anilines is 2. The molecule has 0 aliphatic rings. The Morgan fingerprint density at radius 3 is 2.53 bits per heavy atom. The van der Waals surface area contributed by atoms with Gasteiger partial charge in [0.2, 0.25) is 0 Å². The summed E-state index contributed by atoms with van der Waals surface area (Å²) in [6, 6.07) is 11.7. The van der Waals surface area contributed by atoms with Gasteiger partial charge < -0.3 is 5.32 Å². The zero-order valence-electron chi connectivity index (χ0n) is 7.74. The van der Waals surface area contributed by atoms with E-state index in [2.05, 4.69) is 32.9 Å². The topological polar surface area (TPSA) is 24.9 Å². The highest BCUT2D eigenvalue weighted by atomic mass is 127. The van der Waals surface area contributed by atoms with Crippen LogP contribution in [0.3, 0.4) is 0 Å². The van der Waals surface area contributed by atoms with Gasteiger partial charge in [0, 0.05) is 15.5 Å². The SMILES string of the molecule is Clc1cccnc1Nc1ccc(I)cc1. The number of nitrogens with zero attached hydrogens (tertiary/aromatic N) is 1. The van der Waals surface area contributed by atoms with Gasteiger partial charge in [-0.2, -0.15) is 0 Å². The molecule has 2 nitrogen and oxygen atoms in total. The van der Waals surface area contributed by atoms with Crippen molar-refractivity contribution < 1.29 is 0 Å². The number of aromatic nitrogens is 1. The fraction of sp³-hybridized carbons (Fsp3) is 0. The lowest BCUT2D eigenvalue weighted by molar-refractivity contribution is 1.31. The monoisotopic (exact) mass is 330 g/mol. The van der Waals surface area contributed by atoms with Crippen LogP contribution in [0.2, 0.25) is 5.02 Å². The minimum absolute atomic E-state index is 0.621. The van der Waals surface area contributed by atoms with Crippen molar-refractivity contribution >= 4 is 45.7 Å². The van der Waals surface area contributed by atoms with Crippen molar-refractivity contribution in [2.75, 3.05) is 5.32 Å². The van der Waals surface area contributed by atoms with Crippen LogP contribution < -0.4 is 5.32 Å². The number of hydrogen-bond donors (Lipinski definition) is 1. The molecule has 0 aliphatic carbocycles. The maximum absolute atomic E-state index is 5.98. The molecule has 1 heterocycles. The molecule has 1 aromatic heterocycles. The largest absolute Gasteiger partial charge is 0.339 e. The van der Waals surface area contributed by atoms with Gasteiger partial charge in [0.05, 0.1) is 5.02 Å². The summed E-state index contributed by atoms with van der Waals surface area (Å²) in [6.07, 6.45) is 1.71. The highest BCUT2D eigenvalue weighted by Gasteiger charge is 2.00. The van der Waals surface area contributed by atoms with Gasteiger partial charge >= 0.3 is 0 Å². The molecule has 0 unspecified atom stereocenters. The molecule has 0 bridgehead atoms. The zero-order valence-corrected chi connectivity index (χ0v) is 10.7. The van der Waals surface area contributed by atoms with Crippen molar-refractivity contribution in [3.05, 3.63) is 51.2 Å². The van der Waals surface area contributed by atoms with Gasteiger partial charge in [-0.15, -0.1) is 0 Å². The smallest absolute Gasteiger partial charge is 0.149 e. The molecule has 76 valence electrons. The number of hydrogen-bond acceptors (Lipinski definition) is 2. The van der Waals surface area contributed by atoms with E-state index in [1.807, 2.05) is 30.3 Å². The maximum atomic E-state index is 5.98. The third-order valence-electron chi connectivity index (χ3n) is 1.87. The first kappa shape index (κ1) is 10.7. The summed E-state index contributed by atoms with van der Waals surface area (Å²) in [5, 5.41) is 3.77. The Bertz CT molecular complexity index is 456. The first-order valence-electron chi connectivity index (χ1n) is 4.39. The van der Waals surface area contributed by atoms with Crippen LogP contribution in [0, 0.1) is 3.57 Å². The van der Waals surface area contributed by atoms with Gasteiger partial charge in [0.15, 0.2) is 0 Å². The second-order valence-corrected chi connectivity index (χ2v) is 4.62. The molecule has 0 radical (unpaired) electrons. The minimum atomic E-state index is 0.621. The number of pyridine rings is 1. The summed E-state index contributed by atoms with van der Waals surface area (Å²) >= 11 is 8.24. The number of nitrogens with one attached hydrogen (secondary N) is 1. The second kappa shape index (κ2) is 4.81.